The molecule has 1 amide bonds. The molecule has 158 valence electrons. The Balaban J connectivity index is 1.49. The average Bonchev–Trinajstić information content (AvgIpc) is 3.17. The minimum Gasteiger partial charge on any atom is -0.378 e. The third-order valence-corrected chi connectivity index (χ3v) is 6.37. The smallest absolute Gasteiger partial charge is 0.223 e. The van der Waals surface area contributed by atoms with E-state index in [-0.39, 0.29) is 11.8 Å². The highest BCUT2D eigenvalue weighted by Gasteiger charge is 2.22. The van der Waals surface area contributed by atoms with Gasteiger partial charge in [0.2, 0.25) is 5.91 Å². The van der Waals surface area contributed by atoms with Gasteiger partial charge in [0.15, 0.2) is 10.8 Å². The number of hydrogen-bond acceptors (Lipinski definition) is 7. The van der Waals surface area contributed by atoms with Gasteiger partial charge in [0.05, 0.1) is 31.3 Å². The fourth-order valence-corrected chi connectivity index (χ4v) is 4.65. The fourth-order valence-electron chi connectivity index (χ4n) is 4.09. The van der Waals surface area contributed by atoms with E-state index in [2.05, 4.69) is 22.2 Å². The highest BCUT2D eigenvalue weighted by atomic mass is 32.2. The van der Waals surface area contributed by atoms with Gasteiger partial charge in [0.25, 0.3) is 0 Å². The summed E-state index contributed by atoms with van der Waals surface area (Å²) in [4.78, 5) is 24.2. The zero-order valence-corrected chi connectivity index (χ0v) is 17.9. The Hall–Kier alpha value is -1.87. The predicted octanol–water partition coefficient (Wildman–Crippen LogP) is 2.47. The third-order valence-electron chi connectivity index (χ3n) is 5.64. The molecule has 1 N–H and O–H groups in total. The maximum absolute atomic E-state index is 12.4. The van der Waals surface area contributed by atoms with E-state index in [9.17, 15) is 4.79 Å². The van der Waals surface area contributed by atoms with Crippen molar-refractivity contribution in [2.45, 2.75) is 50.7 Å². The van der Waals surface area contributed by atoms with Crippen LogP contribution in [0.2, 0.25) is 0 Å². The number of thioether (sulfide) groups is 1. The van der Waals surface area contributed by atoms with Crippen LogP contribution in [0.5, 0.6) is 0 Å². The quantitative estimate of drug-likeness (QED) is 0.546. The zero-order valence-electron chi connectivity index (χ0n) is 17.1. The minimum atomic E-state index is 0.181. The van der Waals surface area contributed by atoms with Crippen LogP contribution in [0.1, 0.15) is 39.0 Å². The van der Waals surface area contributed by atoms with Crippen LogP contribution >= 0.6 is 11.8 Å². The maximum atomic E-state index is 12.4. The molecule has 9 heteroatoms. The first-order valence-electron chi connectivity index (χ1n) is 10.7. The average molecular weight is 419 g/mol. The number of hydrogen-bond donors (Lipinski definition) is 1. The summed E-state index contributed by atoms with van der Waals surface area (Å²) in [5.41, 5.74) is 0.837. The van der Waals surface area contributed by atoms with Crippen molar-refractivity contribution in [3.05, 3.63) is 6.20 Å². The Bertz CT molecular complexity index is 830. The van der Waals surface area contributed by atoms with Gasteiger partial charge >= 0.3 is 0 Å². The number of ether oxygens (including phenoxy) is 1. The lowest BCUT2D eigenvalue weighted by Gasteiger charge is -2.28. The van der Waals surface area contributed by atoms with Crippen molar-refractivity contribution >= 4 is 34.5 Å². The van der Waals surface area contributed by atoms with Gasteiger partial charge in [-0.2, -0.15) is 5.10 Å². The summed E-state index contributed by atoms with van der Waals surface area (Å²) in [7, 11) is 0. The molecule has 2 aromatic heterocycles. The first-order valence-corrected chi connectivity index (χ1v) is 11.7. The molecule has 0 unspecified atom stereocenters. The molecular weight excluding hydrogens is 388 g/mol. The van der Waals surface area contributed by atoms with Crippen molar-refractivity contribution in [1.82, 2.24) is 25.1 Å². The summed E-state index contributed by atoms with van der Waals surface area (Å²) in [5.74, 6) is 2.22. The van der Waals surface area contributed by atoms with Crippen LogP contribution in [-0.4, -0.2) is 64.3 Å². The second-order valence-corrected chi connectivity index (χ2v) is 8.82. The number of morpholine rings is 1. The molecule has 3 heterocycles. The van der Waals surface area contributed by atoms with E-state index >= 15 is 0 Å². The molecule has 1 aliphatic heterocycles. The zero-order chi connectivity index (χ0) is 20.1. The molecule has 1 saturated heterocycles. The molecule has 1 aliphatic carbocycles. The second kappa shape index (κ2) is 9.75. The predicted molar refractivity (Wildman–Crippen MR) is 114 cm³/mol. The number of carbonyl (C=O) groups is 1. The Morgan fingerprint density at radius 3 is 2.79 bits per heavy atom. The number of aromatic nitrogens is 4. The van der Waals surface area contributed by atoms with E-state index in [4.69, 9.17) is 14.7 Å². The van der Waals surface area contributed by atoms with E-state index in [1.54, 1.807) is 11.8 Å². The monoisotopic (exact) mass is 418 g/mol. The molecule has 1 saturated carbocycles. The summed E-state index contributed by atoms with van der Waals surface area (Å²) in [6.45, 7) is 6.35. The highest BCUT2D eigenvalue weighted by molar-refractivity contribution is 7.99. The van der Waals surface area contributed by atoms with Crippen LogP contribution in [0.25, 0.3) is 11.0 Å². The summed E-state index contributed by atoms with van der Waals surface area (Å²) in [6, 6.07) is 0. The highest BCUT2D eigenvalue weighted by Crippen LogP contribution is 2.28. The number of rotatable bonds is 7. The fraction of sp³-hybridized carbons (Fsp3) is 0.700. The molecule has 0 bridgehead atoms. The van der Waals surface area contributed by atoms with Crippen molar-refractivity contribution in [1.29, 1.82) is 0 Å². The lowest BCUT2D eigenvalue weighted by molar-refractivity contribution is -0.125. The maximum Gasteiger partial charge on any atom is 0.223 e. The first-order chi connectivity index (χ1) is 14.3. The number of amides is 1. The lowest BCUT2D eigenvalue weighted by Crippen LogP contribution is -2.37. The number of nitrogens with one attached hydrogen (secondary N) is 1. The topological polar surface area (TPSA) is 85.2 Å². The Morgan fingerprint density at radius 1 is 1.24 bits per heavy atom. The van der Waals surface area contributed by atoms with Gasteiger partial charge in [-0.05, 0) is 18.6 Å². The summed E-state index contributed by atoms with van der Waals surface area (Å²) >= 11 is 1.64. The standard InChI is InChI=1S/C20H30N6O2S/c1-2-29-20-23-17(25-10-12-28-13-11-25)16-14-22-26(18(16)24-20)9-8-21-19(27)15-6-4-3-5-7-15/h14-15H,2-13H2,1H3,(H,21,27). The molecule has 0 radical (unpaired) electrons. The Morgan fingerprint density at radius 2 is 2.03 bits per heavy atom. The molecule has 8 nitrogen and oxygen atoms in total. The first kappa shape index (κ1) is 20.4. The molecular formula is C20H30N6O2S. The number of fused-ring (bicyclic) bond motifs is 1. The van der Waals surface area contributed by atoms with E-state index in [1.807, 2.05) is 10.9 Å². The van der Waals surface area contributed by atoms with Gasteiger partial charge in [0.1, 0.15) is 5.82 Å². The third kappa shape index (κ3) is 4.83. The molecule has 2 aliphatic rings. The van der Waals surface area contributed by atoms with E-state index in [0.29, 0.717) is 26.3 Å². The molecule has 2 aromatic rings. The molecule has 29 heavy (non-hydrogen) atoms. The summed E-state index contributed by atoms with van der Waals surface area (Å²) in [5, 5.41) is 9.39. The molecule has 2 fully saturated rings. The second-order valence-electron chi connectivity index (χ2n) is 7.59. The van der Waals surface area contributed by atoms with Gasteiger partial charge in [0, 0.05) is 25.6 Å². The van der Waals surface area contributed by atoms with Gasteiger partial charge in [-0.3, -0.25) is 4.79 Å². The minimum absolute atomic E-state index is 0.181. The summed E-state index contributed by atoms with van der Waals surface area (Å²) < 4.78 is 7.38. The summed E-state index contributed by atoms with van der Waals surface area (Å²) in [6.07, 6.45) is 7.48. The van der Waals surface area contributed by atoms with E-state index in [0.717, 1.165) is 53.7 Å². The van der Waals surface area contributed by atoms with Gasteiger partial charge in [-0.15, -0.1) is 0 Å². The van der Waals surface area contributed by atoms with Gasteiger partial charge in [-0.25, -0.2) is 14.6 Å². The van der Waals surface area contributed by atoms with Crippen molar-refractivity contribution in [2.24, 2.45) is 5.92 Å². The van der Waals surface area contributed by atoms with Crippen molar-refractivity contribution in [2.75, 3.05) is 43.5 Å². The van der Waals surface area contributed by atoms with Gasteiger partial charge in [-0.1, -0.05) is 37.9 Å². The van der Waals surface area contributed by atoms with Crippen molar-refractivity contribution in [3.63, 3.8) is 0 Å². The van der Waals surface area contributed by atoms with Crippen molar-refractivity contribution in [3.8, 4) is 0 Å². The van der Waals surface area contributed by atoms with E-state index < -0.39 is 0 Å². The largest absolute Gasteiger partial charge is 0.378 e. The van der Waals surface area contributed by atoms with Crippen LogP contribution in [0, 0.1) is 5.92 Å². The molecule has 0 spiro atoms. The van der Waals surface area contributed by atoms with Crippen LogP contribution in [0.4, 0.5) is 5.82 Å². The normalized spacial score (nSPS) is 18.3. The van der Waals surface area contributed by atoms with Crippen LogP contribution < -0.4 is 10.2 Å². The SMILES string of the molecule is CCSc1nc(N2CCOCC2)c2cnn(CCNC(=O)C3CCCCC3)c2n1. The van der Waals surface area contributed by atoms with Crippen LogP contribution in [0.15, 0.2) is 11.4 Å². The number of nitrogens with zero attached hydrogens (tertiary/aromatic N) is 5. The van der Waals surface area contributed by atoms with E-state index in [1.165, 1.54) is 19.3 Å². The molecule has 0 atom stereocenters. The molecule has 4 rings (SSSR count). The number of anilines is 1. The Labute approximate surface area is 175 Å². The molecule has 0 aromatic carbocycles. The van der Waals surface area contributed by atoms with Crippen molar-refractivity contribution < 1.29 is 9.53 Å². The number of carbonyl (C=O) groups excluding carboxylic acids is 1. The van der Waals surface area contributed by atoms with Crippen LogP contribution in [0.3, 0.4) is 0 Å². The Kier molecular flexibility index (Phi) is 6.86. The van der Waals surface area contributed by atoms with Gasteiger partial charge < -0.3 is 15.0 Å². The lowest BCUT2D eigenvalue weighted by atomic mass is 9.89. The van der Waals surface area contributed by atoms with Crippen LogP contribution in [-0.2, 0) is 16.1 Å².